The van der Waals surface area contributed by atoms with Crippen LogP contribution in [0.1, 0.15) is 19.4 Å². The molecule has 132 valence electrons. The third kappa shape index (κ3) is 3.99. The summed E-state index contributed by atoms with van der Waals surface area (Å²) in [6.45, 7) is 5.47. The molecule has 7 heteroatoms. The van der Waals surface area contributed by atoms with Gasteiger partial charge in [0.15, 0.2) is 5.82 Å². The van der Waals surface area contributed by atoms with Gasteiger partial charge in [0.05, 0.1) is 6.54 Å². The summed E-state index contributed by atoms with van der Waals surface area (Å²) in [6, 6.07) is 11.0. The molecule has 7 nitrogen and oxygen atoms in total. The summed E-state index contributed by atoms with van der Waals surface area (Å²) in [5.74, 6) is 0.419. The molecule has 1 unspecified atom stereocenters. The highest BCUT2D eigenvalue weighted by Gasteiger charge is 2.35. The number of anilines is 1. The molecule has 0 radical (unpaired) electrons. The molecule has 0 aliphatic carbocycles. The monoisotopic (exact) mass is 341 g/mol. The normalized spacial score (nSPS) is 17.5. The van der Waals surface area contributed by atoms with E-state index >= 15 is 0 Å². The van der Waals surface area contributed by atoms with E-state index in [4.69, 9.17) is 0 Å². The lowest BCUT2D eigenvalue weighted by atomic mass is 10.00. The Labute approximate surface area is 147 Å². The number of amides is 3. The second-order valence-corrected chi connectivity index (χ2v) is 6.49. The van der Waals surface area contributed by atoms with Gasteiger partial charge in [0.2, 0.25) is 5.91 Å². The molecule has 2 aromatic rings. The van der Waals surface area contributed by atoms with E-state index in [9.17, 15) is 9.59 Å². The van der Waals surface area contributed by atoms with Crippen LogP contribution in [0.2, 0.25) is 0 Å². The first-order valence-corrected chi connectivity index (χ1v) is 8.47. The van der Waals surface area contributed by atoms with Gasteiger partial charge in [-0.25, -0.2) is 4.79 Å². The second kappa shape index (κ2) is 7.38. The Morgan fingerprint density at radius 1 is 1.32 bits per heavy atom. The Bertz CT molecular complexity index is 741. The van der Waals surface area contributed by atoms with Gasteiger partial charge in [0.25, 0.3) is 0 Å². The summed E-state index contributed by atoms with van der Waals surface area (Å²) in [5.41, 5.74) is 1.14. The molecule has 1 fully saturated rings. The van der Waals surface area contributed by atoms with Crippen LogP contribution in [-0.4, -0.2) is 45.8 Å². The zero-order chi connectivity index (χ0) is 17.8. The quantitative estimate of drug-likeness (QED) is 0.892. The Morgan fingerprint density at radius 3 is 2.80 bits per heavy atom. The minimum atomic E-state index is -0.458. The summed E-state index contributed by atoms with van der Waals surface area (Å²) >= 11 is 0. The first-order valence-electron chi connectivity index (χ1n) is 8.47. The van der Waals surface area contributed by atoms with E-state index in [-0.39, 0.29) is 17.9 Å². The van der Waals surface area contributed by atoms with E-state index in [1.807, 2.05) is 50.4 Å². The van der Waals surface area contributed by atoms with Crippen molar-refractivity contribution >= 4 is 17.8 Å². The number of carbonyl (C=O) groups excluding carboxylic acids is 2. The molecule has 1 aliphatic rings. The number of benzene rings is 1. The van der Waals surface area contributed by atoms with Crippen LogP contribution in [0.4, 0.5) is 10.6 Å². The number of urea groups is 1. The number of hydrogen-bond donors (Lipinski definition) is 2. The van der Waals surface area contributed by atoms with Crippen molar-refractivity contribution in [2.45, 2.75) is 26.4 Å². The Kier molecular flexibility index (Phi) is 5.02. The van der Waals surface area contributed by atoms with E-state index < -0.39 is 6.04 Å². The standard InChI is InChI=1S/C18H23N5O2/c1-13(2)16-17(24)19-9-11-23(16)18(25)20-15-8-10-22(21-15)12-14-6-4-3-5-7-14/h3-8,10,13,16H,9,11-12H2,1-2H3,(H,19,24)(H,20,21,25). The van der Waals surface area contributed by atoms with Crippen LogP contribution >= 0.6 is 0 Å². The average Bonchev–Trinajstić information content (AvgIpc) is 3.02. The van der Waals surface area contributed by atoms with Crippen LogP contribution in [-0.2, 0) is 11.3 Å². The van der Waals surface area contributed by atoms with Gasteiger partial charge in [0, 0.05) is 25.4 Å². The Morgan fingerprint density at radius 2 is 2.08 bits per heavy atom. The maximum absolute atomic E-state index is 12.6. The summed E-state index contributed by atoms with van der Waals surface area (Å²) in [4.78, 5) is 26.2. The number of nitrogens with zero attached hydrogens (tertiary/aromatic N) is 3. The van der Waals surface area contributed by atoms with Crippen molar-refractivity contribution < 1.29 is 9.59 Å². The van der Waals surface area contributed by atoms with E-state index in [2.05, 4.69) is 15.7 Å². The molecular formula is C18H23N5O2. The van der Waals surface area contributed by atoms with Crippen LogP contribution in [0.25, 0.3) is 0 Å². The number of piperazine rings is 1. The molecule has 1 saturated heterocycles. The van der Waals surface area contributed by atoms with Crippen LogP contribution in [0.15, 0.2) is 42.6 Å². The highest BCUT2D eigenvalue weighted by atomic mass is 16.2. The van der Waals surface area contributed by atoms with E-state index in [1.165, 1.54) is 0 Å². The van der Waals surface area contributed by atoms with Crippen LogP contribution < -0.4 is 10.6 Å². The molecule has 0 spiro atoms. The van der Waals surface area contributed by atoms with Crippen LogP contribution in [0.5, 0.6) is 0 Å². The highest BCUT2D eigenvalue weighted by molar-refractivity contribution is 5.94. The molecule has 25 heavy (non-hydrogen) atoms. The molecule has 3 rings (SSSR count). The number of hydrogen-bond acceptors (Lipinski definition) is 3. The third-order valence-electron chi connectivity index (χ3n) is 4.21. The maximum atomic E-state index is 12.6. The molecule has 1 atom stereocenters. The van der Waals surface area contributed by atoms with Crippen molar-refractivity contribution in [2.75, 3.05) is 18.4 Å². The van der Waals surface area contributed by atoms with Gasteiger partial charge in [-0.15, -0.1) is 0 Å². The molecule has 2 N–H and O–H groups in total. The first kappa shape index (κ1) is 17.0. The third-order valence-corrected chi connectivity index (χ3v) is 4.21. The zero-order valence-electron chi connectivity index (χ0n) is 14.5. The lowest BCUT2D eigenvalue weighted by Gasteiger charge is -2.36. The minimum Gasteiger partial charge on any atom is -0.353 e. The van der Waals surface area contributed by atoms with Crippen LogP contribution in [0, 0.1) is 5.92 Å². The molecule has 1 aliphatic heterocycles. The fourth-order valence-electron chi connectivity index (χ4n) is 3.04. The zero-order valence-corrected chi connectivity index (χ0v) is 14.5. The topological polar surface area (TPSA) is 79.3 Å². The largest absolute Gasteiger partial charge is 0.353 e. The number of aromatic nitrogens is 2. The van der Waals surface area contributed by atoms with E-state index in [0.29, 0.717) is 25.5 Å². The molecule has 2 heterocycles. The van der Waals surface area contributed by atoms with Crippen molar-refractivity contribution in [1.29, 1.82) is 0 Å². The second-order valence-electron chi connectivity index (χ2n) is 6.49. The van der Waals surface area contributed by atoms with Gasteiger partial charge in [-0.1, -0.05) is 44.2 Å². The fraction of sp³-hybridized carbons (Fsp3) is 0.389. The SMILES string of the molecule is CC(C)C1C(=O)NCCN1C(=O)Nc1ccn(Cc2ccccc2)n1. The predicted octanol–water partition coefficient (Wildman–Crippen LogP) is 1.92. The average molecular weight is 341 g/mol. The van der Waals surface area contributed by atoms with Gasteiger partial charge in [-0.05, 0) is 11.5 Å². The van der Waals surface area contributed by atoms with Crippen molar-refractivity contribution in [2.24, 2.45) is 5.92 Å². The van der Waals surface area contributed by atoms with Gasteiger partial charge >= 0.3 is 6.03 Å². The van der Waals surface area contributed by atoms with Crippen molar-refractivity contribution in [3.63, 3.8) is 0 Å². The van der Waals surface area contributed by atoms with Crippen molar-refractivity contribution in [3.05, 3.63) is 48.2 Å². The van der Waals surface area contributed by atoms with E-state index in [1.54, 1.807) is 15.6 Å². The number of nitrogens with one attached hydrogen (secondary N) is 2. The summed E-state index contributed by atoms with van der Waals surface area (Å²) in [6.07, 6.45) is 1.82. The van der Waals surface area contributed by atoms with Crippen molar-refractivity contribution in [1.82, 2.24) is 20.0 Å². The molecule has 0 bridgehead atoms. The van der Waals surface area contributed by atoms with Gasteiger partial charge < -0.3 is 10.2 Å². The highest BCUT2D eigenvalue weighted by Crippen LogP contribution is 2.16. The van der Waals surface area contributed by atoms with E-state index in [0.717, 1.165) is 5.56 Å². The minimum absolute atomic E-state index is 0.0432. The van der Waals surface area contributed by atoms with Gasteiger partial charge in [0.1, 0.15) is 6.04 Å². The molecule has 1 aromatic carbocycles. The number of rotatable bonds is 4. The molecular weight excluding hydrogens is 318 g/mol. The fourth-order valence-corrected chi connectivity index (χ4v) is 3.04. The Hall–Kier alpha value is -2.83. The molecule has 1 aromatic heterocycles. The summed E-state index contributed by atoms with van der Waals surface area (Å²) < 4.78 is 1.77. The molecule has 0 saturated carbocycles. The summed E-state index contributed by atoms with van der Waals surface area (Å²) in [7, 11) is 0. The van der Waals surface area contributed by atoms with Gasteiger partial charge in [-0.3, -0.25) is 14.8 Å². The van der Waals surface area contributed by atoms with Crippen molar-refractivity contribution in [3.8, 4) is 0 Å². The lowest BCUT2D eigenvalue weighted by Crippen LogP contribution is -2.60. The first-order chi connectivity index (χ1) is 12.0. The lowest BCUT2D eigenvalue weighted by molar-refractivity contribution is -0.129. The number of carbonyl (C=O) groups is 2. The van der Waals surface area contributed by atoms with Gasteiger partial charge in [-0.2, -0.15) is 5.10 Å². The van der Waals surface area contributed by atoms with Crippen LogP contribution in [0.3, 0.4) is 0 Å². The smallest absolute Gasteiger partial charge is 0.323 e. The summed E-state index contributed by atoms with van der Waals surface area (Å²) in [5, 5.41) is 10.00. The Balaban J connectivity index is 1.65. The maximum Gasteiger partial charge on any atom is 0.323 e. The molecule has 3 amide bonds. The predicted molar refractivity (Wildman–Crippen MR) is 95.1 cm³/mol.